The minimum Gasteiger partial charge on any atom is -0.370 e. The summed E-state index contributed by atoms with van der Waals surface area (Å²) >= 11 is 2.25. The maximum Gasteiger partial charge on any atom is 0.217 e. The molecule has 1 amide bonds. The van der Waals surface area contributed by atoms with Crippen molar-refractivity contribution in [1.82, 2.24) is 4.90 Å². The van der Waals surface area contributed by atoms with Gasteiger partial charge in [0.2, 0.25) is 5.91 Å². The molecule has 16 heavy (non-hydrogen) atoms. The Morgan fingerprint density at radius 2 is 1.81 bits per heavy atom. The predicted molar refractivity (Wildman–Crippen MR) is 73.3 cm³/mol. The van der Waals surface area contributed by atoms with Crippen molar-refractivity contribution in [3.8, 4) is 0 Å². The highest BCUT2D eigenvalue weighted by Crippen LogP contribution is 2.17. The summed E-state index contributed by atoms with van der Waals surface area (Å²) in [6.45, 7) is 5.78. The number of ketones is 1. The predicted octanol–water partition coefficient (Wildman–Crippen LogP) is 1.56. The third-order valence-corrected chi connectivity index (χ3v) is 3.49. The van der Waals surface area contributed by atoms with Crippen molar-refractivity contribution >= 4 is 34.3 Å². The largest absolute Gasteiger partial charge is 0.370 e. The SMILES string of the molecule is CC(C)C(=O)[C@H](CCC(N)=O)N(C)C(C)I. The first kappa shape index (κ1) is 15.8. The monoisotopic (exact) mass is 340 g/mol. The Morgan fingerprint density at radius 3 is 2.12 bits per heavy atom. The van der Waals surface area contributed by atoms with Crippen molar-refractivity contribution < 1.29 is 9.59 Å². The first-order chi connectivity index (χ1) is 7.27. The van der Waals surface area contributed by atoms with Crippen LogP contribution in [0.2, 0.25) is 0 Å². The lowest BCUT2D eigenvalue weighted by molar-refractivity contribution is -0.127. The van der Waals surface area contributed by atoms with Crippen LogP contribution in [0, 0.1) is 5.92 Å². The van der Waals surface area contributed by atoms with Crippen molar-refractivity contribution in [3.63, 3.8) is 0 Å². The molecule has 2 N–H and O–H groups in total. The average Bonchev–Trinajstić information content (AvgIpc) is 2.16. The van der Waals surface area contributed by atoms with Crippen LogP contribution < -0.4 is 5.73 Å². The normalized spacial score (nSPS) is 15.2. The molecular weight excluding hydrogens is 319 g/mol. The second-order valence-corrected chi connectivity index (χ2v) is 6.12. The summed E-state index contributed by atoms with van der Waals surface area (Å²) < 4.78 is 0.248. The molecule has 0 fully saturated rings. The molecular formula is C11H21IN2O2. The fourth-order valence-corrected chi connectivity index (χ4v) is 1.85. The van der Waals surface area contributed by atoms with Crippen molar-refractivity contribution in [3.05, 3.63) is 0 Å². The summed E-state index contributed by atoms with van der Waals surface area (Å²) in [5.41, 5.74) is 5.12. The van der Waals surface area contributed by atoms with Crippen LogP contribution in [-0.2, 0) is 9.59 Å². The highest BCUT2D eigenvalue weighted by Gasteiger charge is 2.27. The third-order valence-electron chi connectivity index (χ3n) is 2.61. The van der Waals surface area contributed by atoms with Crippen molar-refractivity contribution in [2.75, 3.05) is 7.05 Å². The van der Waals surface area contributed by atoms with Gasteiger partial charge in [-0.15, -0.1) is 0 Å². The third kappa shape index (κ3) is 5.25. The molecule has 0 bridgehead atoms. The zero-order chi connectivity index (χ0) is 12.9. The number of hydrogen-bond acceptors (Lipinski definition) is 3. The average molecular weight is 340 g/mol. The molecule has 0 rings (SSSR count). The zero-order valence-electron chi connectivity index (χ0n) is 10.4. The number of carbonyl (C=O) groups excluding carboxylic acids is 2. The van der Waals surface area contributed by atoms with Gasteiger partial charge in [-0.05, 0) is 20.4 Å². The summed E-state index contributed by atoms with van der Waals surface area (Å²) in [6, 6.07) is -0.209. The Labute approximate surface area is 111 Å². The number of alkyl halides is 1. The van der Waals surface area contributed by atoms with Crippen LogP contribution in [0.1, 0.15) is 33.6 Å². The fourth-order valence-electron chi connectivity index (χ4n) is 1.46. The molecule has 0 aliphatic rings. The Morgan fingerprint density at radius 1 is 1.31 bits per heavy atom. The number of carbonyl (C=O) groups is 2. The van der Waals surface area contributed by atoms with Gasteiger partial charge >= 0.3 is 0 Å². The van der Waals surface area contributed by atoms with E-state index in [1.165, 1.54) is 0 Å². The molecule has 2 atom stereocenters. The molecule has 0 radical (unpaired) electrons. The number of Topliss-reactive ketones (excluding diaryl/α,β-unsaturated/α-hetero) is 1. The summed E-state index contributed by atoms with van der Waals surface area (Å²) in [5.74, 6) is -0.196. The van der Waals surface area contributed by atoms with E-state index in [1.54, 1.807) is 0 Å². The van der Waals surface area contributed by atoms with Gasteiger partial charge in [-0.25, -0.2) is 0 Å². The molecule has 4 nitrogen and oxygen atoms in total. The Balaban J connectivity index is 4.62. The summed E-state index contributed by atoms with van der Waals surface area (Å²) in [6.07, 6.45) is 0.771. The first-order valence-electron chi connectivity index (χ1n) is 5.45. The van der Waals surface area contributed by atoms with Crippen molar-refractivity contribution in [2.24, 2.45) is 11.7 Å². The van der Waals surface area contributed by atoms with E-state index in [4.69, 9.17) is 5.73 Å². The van der Waals surface area contributed by atoms with Crippen LogP contribution in [-0.4, -0.2) is 33.7 Å². The molecule has 0 aliphatic heterocycles. The van der Waals surface area contributed by atoms with Gasteiger partial charge in [0.05, 0.1) is 10.1 Å². The molecule has 1 unspecified atom stereocenters. The maximum atomic E-state index is 12.0. The molecule has 0 saturated heterocycles. The number of primary amides is 1. The van der Waals surface area contributed by atoms with Gasteiger partial charge in [0.15, 0.2) is 5.78 Å². The van der Waals surface area contributed by atoms with E-state index >= 15 is 0 Å². The lowest BCUT2D eigenvalue weighted by Gasteiger charge is -2.30. The van der Waals surface area contributed by atoms with Crippen LogP contribution in [0.25, 0.3) is 0 Å². The molecule has 0 saturated carbocycles. The topological polar surface area (TPSA) is 63.4 Å². The fraction of sp³-hybridized carbons (Fsp3) is 0.818. The molecule has 0 aromatic rings. The molecule has 0 heterocycles. The molecule has 0 aromatic heterocycles. The molecule has 94 valence electrons. The van der Waals surface area contributed by atoms with Gasteiger partial charge in [0.1, 0.15) is 0 Å². The summed E-state index contributed by atoms with van der Waals surface area (Å²) in [7, 11) is 1.91. The van der Waals surface area contributed by atoms with Crippen LogP contribution in [0.5, 0.6) is 0 Å². The number of likely N-dealkylation sites (N-methyl/N-ethyl adjacent to an activating group) is 1. The lowest BCUT2D eigenvalue weighted by Crippen LogP contribution is -2.43. The smallest absolute Gasteiger partial charge is 0.217 e. The van der Waals surface area contributed by atoms with Crippen molar-refractivity contribution in [1.29, 1.82) is 0 Å². The van der Waals surface area contributed by atoms with Gasteiger partial charge < -0.3 is 5.73 Å². The van der Waals surface area contributed by atoms with Crippen LogP contribution >= 0.6 is 22.6 Å². The molecule has 0 spiro atoms. The number of hydrogen-bond donors (Lipinski definition) is 1. The second kappa shape index (κ2) is 7.21. The molecule has 0 aliphatic carbocycles. The first-order valence-corrected chi connectivity index (χ1v) is 6.70. The Hall–Kier alpha value is -0.170. The minimum atomic E-state index is -0.351. The van der Waals surface area contributed by atoms with E-state index in [2.05, 4.69) is 22.6 Å². The Kier molecular flexibility index (Phi) is 7.14. The van der Waals surface area contributed by atoms with Crippen LogP contribution in [0.3, 0.4) is 0 Å². The van der Waals surface area contributed by atoms with E-state index in [0.29, 0.717) is 6.42 Å². The maximum absolute atomic E-state index is 12.0. The van der Waals surface area contributed by atoms with Gasteiger partial charge in [-0.2, -0.15) is 0 Å². The van der Waals surface area contributed by atoms with Crippen LogP contribution in [0.15, 0.2) is 0 Å². The zero-order valence-corrected chi connectivity index (χ0v) is 12.5. The van der Waals surface area contributed by atoms with Crippen molar-refractivity contribution in [2.45, 2.75) is 43.7 Å². The highest BCUT2D eigenvalue weighted by atomic mass is 127. The number of amides is 1. The van der Waals surface area contributed by atoms with E-state index < -0.39 is 0 Å². The standard InChI is InChI=1S/C11H21IN2O2/c1-7(2)11(16)9(5-6-10(13)15)14(4)8(3)12/h7-9H,5-6H2,1-4H3,(H2,13,15)/t8?,9-/m0/s1. The van der Waals surface area contributed by atoms with Gasteiger partial charge in [-0.1, -0.05) is 36.4 Å². The molecule has 0 aromatic carbocycles. The number of halogens is 1. The van der Waals surface area contributed by atoms with Gasteiger partial charge in [-0.3, -0.25) is 14.5 Å². The highest BCUT2D eigenvalue weighted by molar-refractivity contribution is 14.1. The quantitative estimate of drug-likeness (QED) is 0.435. The lowest BCUT2D eigenvalue weighted by atomic mass is 9.96. The van der Waals surface area contributed by atoms with E-state index in [0.717, 1.165) is 0 Å². The summed E-state index contributed by atoms with van der Waals surface area (Å²) in [4.78, 5) is 24.8. The number of nitrogens with two attached hydrogens (primary N) is 1. The Bertz CT molecular complexity index is 254. The van der Waals surface area contributed by atoms with Gasteiger partial charge in [0, 0.05) is 12.3 Å². The summed E-state index contributed by atoms with van der Waals surface area (Å²) in [5, 5.41) is 0. The van der Waals surface area contributed by atoms with E-state index in [-0.39, 0.29) is 34.1 Å². The molecule has 5 heteroatoms. The second-order valence-electron chi connectivity index (χ2n) is 4.32. The van der Waals surface area contributed by atoms with E-state index in [9.17, 15) is 9.59 Å². The number of rotatable bonds is 7. The van der Waals surface area contributed by atoms with E-state index in [1.807, 2.05) is 32.7 Å². The number of nitrogens with zero attached hydrogens (tertiary/aromatic N) is 1. The van der Waals surface area contributed by atoms with Gasteiger partial charge in [0.25, 0.3) is 0 Å². The van der Waals surface area contributed by atoms with Crippen LogP contribution in [0.4, 0.5) is 0 Å². The minimum absolute atomic E-state index is 0.0181.